The largest absolute Gasteiger partial charge is 0.444 e. The minimum atomic E-state index is -0.527. The van der Waals surface area contributed by atoms with E-state index in [1.165, 1.54) is 17.4 Å². The topological polar surface area (TPSA) is 94.2 Å². The van der Waals surface area contributed by atoms with Crippen molar-refractivity contribution in [2.24, 2.45) is 5.92 Å². The number of halogens is 2. The van der Waals surface area contributed by atoms with E-state index in [1.54, 1.807) is 29.3 Å². The molecule has 0 spiro atoms. The Hall–Kier alpha value is -2.78. The molecule has 3 heterocycles. The van der Waals surface area contributed by atoms with Crippen LogP contribution < -0.4 is 5.73 Å². The minimum absolute atomic E-state index is 0.0579. The number of benzene rings is 1. The van der Waals surface area contributed by atoms with Crippen LogP contribution in [0.4, 0.5) is 14.9 Å². The number of carbonyl (C=O) groups excluding carboxylic acids is 1. The molecule has 1 aromatic carbocycles. The van der Waals surface area contributed by atoms with Crippen LogP contribution in [0, 0.1) is 11.7 Å². The van der Waals surface area contributed by atoms with E-state index < -0.39 is 11.4 Å². The molecular formula is C26H31ClFN5O2S. The Morgan fingerprint density at radius 1 is 1.17 bits per heavy atom. The number of piperidine rings is 1. The van der Waals surface area contributed by atoms with Gasteiger partial charge in [0.2, 0.25) is 5.28 Å². The predicted molar refractivity (Wildman–Crippen MR) is 142 cm³/mol. The molecule has 3 aromatic rings. The lowest BCUT2D eigenvalue weighted by molar-refractivity contribution is 0.0154. The maximum atomic E-state index is 15.1. The third-order valence-electron chi connectivity index (χ3n) is 6.49. The van der Waals surface area contributed by atoms with Crippen molar-refractivity contribution in [3.63, 3.8) is 0 Å². The van der Waals surface area contributed by atoms with Gasteiger partial charge in [-0.05, 0) is 69.3 Å². The summed E-state index contributed by atoms with van der Waals surface area (Å²) in [4.78, 5) is 28.3. The molecule has 0 bridgehead atoms. The van der Waals surface area contributed by atoms with Gasteiger partial charge in [0.05, 0.1) is 27.0 Å². The molecule has 36 heavy (non-hydrogen) atoms. The fourth-order valence-electron chi connectivity index (χ4n) is 4.43. The Bertz CT molecular complexity index is 1270. The number of ether oxygens (including phenoxy) is 1. The Kier molecular flexibility index (Phi) is 7.26. The molecule has 0 aliphatic carbocycles. The highest BCUT2D eigenvalue weighted by Crippen LogP contribution is 2.46. The average Bonchev–Trinajstić information content (AvgIpc) is 3.26. The first-order valence-corrected chi connectivity index (χ1v) is 13.1. The lowest BCUT2D eigenvalue weighted by Gasteiger charge is -2.40. The van der Waals surface area contributed by atoms with Crippen LogP contribution >= 0.6 is 22.9 Å². The maximum Gasteiger partial charge on any atom is 0.410 e. The van der Waals surface area contributed by atoms with Gasteiger partial charge in [0.15, 0.2) is 5.82 Å². The first-order valence-electron chi connectivity index (χ1n) is 11.9. The van der Waals surface area contributed by atoms with Crippen molar-refractivity contribution >= 4 is 34.7 Å². The van der Waals surface area contributed by atoms with Crippen LogP contribution in [0.2, 0.25) is 5.28 Å². The van der Waals surface area contributed by atoms with Crippen LogP contribution in [0.15, 0.2) is 30.5 Å². The normalized spacial score (nSPS) is 15.2. The number of hydrogen-bond acceptors (Lipinski definition) is 7. The second kappa shape index (κ2) is 9.94. The van der Waals surface area contributed by atoms with Crippen molar-refractivity contribution in [3.05, 3.63) is 46.6 Å². The van der Waals surface area contributed by atoms with Gasteiger partial charge in [-0.15, -0.1) is 11.3 Å². The molecule has 0 saturated carbocycles. The zero-order valence-corrected chi connectivity index (χ0v) is 22.7. The van der Waals surface area contributed by atoms with Gasteiger partial charge in [-0.2, -0.15) is 0 Å². The van der Waals surface area contributed by atoms with Crippen LogP contribution in [-0.2, 0) is 10.2 Å². The fraction of sp³-hybridized carbons (Fsp3) is 0.462. The van der Waals surface area contributed by atoms with Crippen LogP contribution in [0.5, 0.6) is 0 Å². The second-order valence-electron chi connectivity index (χ2n) is 10.6. The summed E-state index contributed by atoms with van der Waals surface area (Å²) in [6, 6.07) is 6.64. The summed E-state index contributed by atoms with van der Waals surface area (Å²) in [5.41, 5.74) is 6.44. The van der Waals surface area contributed by atoms with Crippen molar-refractivity contribution in [3.8, 4) is 21.8 Å². The number of thiazole rings is 1. The van der Waals surface area contributed by atoms with Gasteiger partial charge in [0.1, 0.15) is 5.60 Å². The molecular weight excluding hydrogens is 501 g/mol. The fourth-order valence-corrected chi connectivity index (χ4v) is 5.81. The molecule has 10 heteroatoms. The van der Waals surface area contributed by atoms with E-state index in [0.717, 1.165) is 17.8 Å². The Morgan fingerprint density at radius 3 is 2.50 bits per heavy atom. The zero-order chi connectivity index (χ0) is 26.3. The summed E-state index contributed by atoms with van der Waals surface area (Å²) >= 11 is 7.55. The first kappa shape index (κ1) is 26.3. The van der Waals surface area contributed by atoms with Gasteiger partial charge in [0, 0.05) is 30.3 Å². The van der Waals surface area contributed by atoms with E-state index in [9.17, 15) is 4.79 Å². The summed E-state index contributed by atoms with van der Waals surface area (Å²) in [7, 11) is 0. The standard InChI is InChI=1S/C26H31ClFN5O2S/c1-25(2,3)35-24(34)33-13-10-15(11-14-33)26(4,5)22-32-20(16-7-6-8-17(29)19(16)28)21(36-22)18-9-12-30-23(27)31-18/h6-9,12,15H,10-11,13-14,29H2,1-5H3. The SMILES string of the molecule is CC(C)(C)OC(=O)N1CCC(C(C)(C)c2nc(-c3cccc(N)c3F)c(-c3ccnc(Cl)n3)s2)CC1. The third kappa shape index (κ3) is 5.47. The number of aromatic nitrogens is 3. The van der Waals surface area contributed by atoms with Crippen molar-refractivity contribution in [1.29, 1.82) is 0 Å². The van der Waals surface area contributed by atoms with Gasteiger partial charge >= 0.3 is 6.09 Å². The van der Waals surface area contributed by atoms with E-state index >= 15 is 4.39 Å². The molecule has 1 aliphatic rings. The Morgan fingerprint density at radius 2 is 1.86 bits per heavy atom. The van der Waals surface area contributed by atoms with Crippen molar-refractivity contribution < 1.29 is 13.9 Å². The number of anilines is 1. The smallest absolute Gasteiger partial charge is 0.410 e. The number of nitrogens with two attached hydrogens (primary N) is 1. The number of likely N-dealkylation sites (tertiary alicyclic amines) is 1. The summed E-state index contributed by atoms with van der Waals surface area (Å²) in [5, 5.41) is 0.968. The van der Waals surface area contributed by atoms with Gasteiger partial charge in [0.25, 0.3) is 0 Å². The lowest BCUT2D eigenvalue weighted by Crippen LogP contribution is -2.45. The van der Waals surface area contributed by atoms with Crippen LogP contribution in [0.1, 0.15) is 52.5 Å². The molecule has 7 nitrogen and oxygen atoms in total. The number of hydrogen-bond donors (Lipinski definition) is 1. The number of carbonyl (C=O) groups is 1. The summed E-state index contributed by atoms with van der Waals surface area (Å²) in [5.74, 6) is -0.248. The van der Waals surface area contributed by atoms with Crippen LogP contribution in [-0.4, -0.2) is 44.6 Å². The number of rotatable bonds is 4. The third-order valence-corrected chi connectivity index (χ3v) is 8.09. The van der Waals surface area contributed by atoms with Crippen molar-refractivity contribution in [1.82, 2.24) is 19.9 Å². The molecule has 2 N–H and O–H groups in total. The van der Waals surface area contributed by atoms with Crippen molar-refractivity contribution in [2.45, 2.75) is 58.5 Å². The maximum absolute atomic E-state index is 15.1. The number of nitrogens with zero attached hydrogens (tertiary/aromatic N) is 4. The van der Waals surface area contributed by atoms with Gasteiger partial charge < -0.3 is 15.4 Å². The monoisotopic (exact) mass is 531 g/mol. The highest BCUT2D eigenvalue weighted by molar-refractivity contribution is 7.15. The molecule has 4 rings (SSSR count). The average molecular weight is 532 g/mol. The molecule has 1 fully saturated rings. The van der Waals surface area contributed by atoms with Crippen LogP contribution in [0.25, 0.3) is 21.8 Å². The molecule has 1 amide bonds. The van der Waals surface area contributed by atoms with Gasteiger partial charge in [-0.1, -0.05) is 19.9 Å². The minimum Gasteiger partial charge on any atom is -0.444 e. The van der Waals surface area contributed by atoms with E-state index in [1.807, 2.05) is 20.8 Å². The molecule has 0 radical (unpaired) electrons. The van der Waals surface area contributed by atoms with Crippen LogP contribution in [0.3, 0.4) is 0 Å². The first-order chi connectivity index (χ1) is 16.9. The highest BCUT2D eigenvalue weighted by Gasteiger charge is 2.39. The van der Waals surface area contributed by atoms with E-state index in [2.05, 4.69) is 23.8 Å². The van der Waals surface area contributed by atoms with E-state index in [4.69, 9.17) is 27.1 Å². The number of amides is 1. The second-order valence-corrected chi connectivity index (χ2v) is 11.9. The molecule has 192 valence electrons. The van der Waals surface area contributed by atoms with E-state index in [0.29, 0.717) is 34.9 Å². The zero-order valence-electron chi connectivity index (χ0n) is 21.1. The molecule has 0 unspecified atom stereocenters. The van der Waals surface area contributed by atoms with E-state index in [-0.39, 0.29) is 28.4 Å². The Balaban J connectivity index is 1.66. The summed E-state index contributed by atoms with van der Waals surface area (Å²) in [6.07, 6.45) is 2.90. The van der Waals surface area contributed by atoms with Gasteiger partial charge in [-0.3, -0.25) is 0 Å². The predicted octanol–water partition coefficient (Wildman–Crippen LogP) is 6.57. The molecule has 2 aromatic heterocycles. The summed E-state index contributed by atoms with van der Waals surface area (Å²) < 4.78 is 20.6. The molecule has 1 saturated heterocycles. The highest BCUT2D eigenvalue weighted by atomic mass is 35.5. The lowest BCUT2D eigenvalue weighted by atomic mass is 9.74. The number of nitrogen functional groups attached to an aromatic ring is 1. The Labute approximate surface area is 219 Å². The summed E-state index contributed by atoms with van der Waals surface area (Å²) in [6.45, 7) is 11.1. The van der Waals surface area contributed by atoms with Crippen molar-refractivity contribution in [2.75, 3.05) is 18.8 Å². The quantitative estimate of drug-likeness (QED) is 0.302. The molecule has 1 aliphatic heterocycles. The molecule has 0 atom stereocenters. The van der Waals surface area contributed by atoms with Gasteiger partial charge in [-0.25, -0.2) is 24.1 Å².